The summed E-state index contributed by atoms with van der Waals surface area (Å²) in [7, 11) is 0. The van der Waals surface area contributed by atoms with Crippen molar-refractivity contribution in [2.45, 2.75) is 45.7 Å². The van der Waals surface area contributed by atoms with Crippen LogP contribution in [0.2, 0.25) is 0 Å². The zero-order chi connectivity index (χ0) is 18.3. The second-order valence-electron chi connectivity index (χ2n) is 7.50. The molecule has 2 aromatic carbocycles. The molecule has 0 aliphatic heterocycles. The first-order chi connectivity index (χ1) is 12.5. The van der Waals surface area contributed by atoms with Crippen molar-refractivity contribution in [1.29, 1.82) is 0 Å². The van der Waals surface area contributed by atoms with E-state index in [0.717, 1.165) is 23.1 Å². The van der Waals surface area contributed by atoms with E-state index in [-0.39, 0.29) is 17.9 Å². The molecule has 0 bridgehead atoms. The van der Waals surface area contributed by atoms with Crippen molar-refractivity contribution in [1.82, 2.24) is 9.88 Å². The van der Waals surface area contributed by atoms with Gasteiger partial charge in [-0.05, 0) is 56.4 Å². The Kier molecular flexibility index (Phi) is 4.27. The van der Waals surface area contributed by atoms with Crippen molar-refractivity contribution in [2.24, 2.45) is 5.92 Å². The monoisotopic (exact) mass is 348 g/mol. The number of oxazole rings is 1. The highest BCUT2D eigenvalue weighted by Gasteiger charge is 2.46. The number of fused-ring (bicyclic) bond motifs is 1. The van der Waals surface area contributed by atoms with Crippen molar-refractivity contribution in [3.8, 4) is 0 Å². The Morgan fingerprint density at radius 1 is 1.23 bits per heavy atom. The van der Waals surface area contributed by atoms with E-state index < -0.39 is 0 Å². The fourth-order valence-electron chi connectivity index (χ4n) is 3.56. The lowest BCUT2D eigenvalue weighted by Crippen LogP contribution is -2.37. The molecule has 4 rings (SSSR count). The first kappa shape index (κ1) is 16.8. The van der Waals surface area contributed by atoms with Crippen LogP contribution in [0, 0.1) is 12.8 Å². The zero-order valence-corrected chi connectivity index (χ0v) is 15.5. The molecular weight excluding hydrogens is 324 g/mol. The summed E-state index contributed by atoms with van der Waals surface area (Å²) in [4.78, 5) is 19.5. The highest BCUT2D eigenvalue weighted by molar-refractivity contribution is 5.83. The second-order valence-corrected chi connectivity index (χ2v) is 7.50. The van der Waals surface area contributed by atoms with Crippen molar-refractivity contribution in [3.05, 3.63) is 65.5 Å². The number of nitrogens with zero attached hydrogens (tertiary/aromatic N) is 2. The number of carbonyl (C=O) groups excluding carboxylic acids is 1. The molecule has 0 spiro atoms. The van der Waals surface area contributed by atoms with Crippen LogP contribution < -0.4 is 0 Å². The van der Waals surface area contributed by atoms with E-state index in [4.69, 9.17) is 4.42 Å². The van der Waals surface area contributed by atoms with Crippen LogP contribution in [0.4, 0.5) is 0 Å². The Hall–Kier alpha value is -2.62. The Morgan fingerprint density at radius 3 is 2.73 bits per heavy atom. The van der Waals surface area contributed by atoms with Crippen LogP contribution in [0.15, 0.2) is 52.9 Å². The molecule has 134 valence electrons. The van der Waals surface area contributed by atoms with Crippen LogP contribution in [-0.4, -0.2) is 21.8 Å². The Bertz CT molecular complexity index is 930. The van der Waals surface area contributed by atoms with E-state index in [9.17, 15) is 4.79 Å². The fourth-order valence-corrected chi connectivity index (χ4v) is 3.56. The van der Waals surface area contributed by atoms with Gasteiger partial charge < -0.3 is 9.32 Å². The van der Waals surface area contributed by atoms with Crippen LogP contribution in [-0.2, 0) is 11.3 Å². The third-order valence-electron chi connectivity index (χ3n) is 5.13. The smallest absolute Gasteiger partial charge is 0.227 e. The molecule has 3 aromatic rings. The lowest BCUT2D eigenvalue weighted by Gasteiger charge is -2.25. The standard InChI is InChI=1S/C22H24N2O2/c1-14(2)24(13-21-23-19-11-15(3)9-10-20(19)26-21)22(25)18-12-17(18)16-7-5-4-6-8-16/h4-11,14,17-18H,12-13H2,1-3H3/t17-,18?/m1/s1. The van der Waals surface area contributed by atoms with Crippen molar-refractivity contribution in [3.63, 3.8) is 0 Å². The third-order valence-corrected chi connectivity index (χ3v) is 5.13. The van der Waals surface area contributed by atoms with Gasteiger partial charge in [0.2, 0.25) is 11.8 Å². The van der Waals surface area contributed by atoms with E-state index in [0.29, 0.717) is 18.4 Å². The first-order valence-electron chi connectivity index (χ1n) is 9.24. The van der Waals surface area contributed by atoms with Gasteiger partial charge in [-0.1, -0.05) is 36.4 Å². The van der Waals surface area contributed by atoms with Crippen molar-refractivity contribution >= 4 is 17.0 Å². The number of benzene rings is 2. The van der Waals surface area contributed by atoms with Gasteiger partial charge in [0.15, 0.2) is 5.58 Å². The molecule has 4 nitrogen and oxygen atoms in total. The first-order valence-corrected chi connectivity index (χ1v) is 9.24. The summed E-state index contributed by atoms with van der Waals surface area (Å²) in [5.74, 6) is 1.22. The minimum absolute atomic E-state index is 0.0754. The van der Waals surface area contributed by atoms with Crippen LogP contribution in [0.25, 0.3) is 11.1 Å². The molecule has 1 fully saturated rings. The molecule has 1 heterocycles. The quantitative estimate of drug-likeness (QED) is 0.673. The van der Waals surface area contributed by atoms with Gasteiger partial charge in [0.05, 0.1) is 6.54 Å². The molecular formula is C22H24N2O2. The minimum atomic E-state index is 0.0754. The highest BCUT2D eigenvalue weighted by Crippen LogP contribution is 2.48. The number of aromatic nitrogens is 1. The van der Waals surface area contributed by atoms with Crippen LogP contribution in [0.3, 0.4) is 0 Å². The maximum atomic E-state index is 13.1. The van der Waals surface area contributed by atoms with E-state index in [1.54, 1.807) is 0 Å². The highest BCUT2D eigenvalue weighted by atomic mass is 16.3. The van der Waals surface area contributed by atoms with Gasteiger partial charge in [0.1, 0.15) is 5.52 Å². The minimum Gasteiger partial charge on any atom is -0.439 e. The van der Waals surface area contributed by atoms with Crippen LogP contribution >= 0.6 is 0 Å². The van der Waals surface area contributed by atoms with E-state index in [2.05, 4.69) is 17.1 Å². The Balaban J connectivity index is 1.51. The molecule has 1 unspecified atom stereocenters. The Morgan fingerprint density at radius 2 is 2.00 bits per heavy atom. The Labute approximate surface area is 153 Å². The summed E-state index contributed by atoms with van der Waals surface area (Å²) < 4.78 is 5.86. The topological polar surface area (TPSA) is 46.3 Å². The number of carbonyl (C=O) groups is 1. The van der Waals surface area contributed by atoms with Gasteiger partial charge in [-0.15, -0.1) is 0 Å². The molecule has 1 aromatic heterocycles. The molecule has 1 aliphatic rings. The summed E-state index contributed by atoms with van der Waals surface area (Å²) in [6.07, 6.45) is 0.929. The van der Waals surface area contributed by atoms with E-state index in [1.807, 2.05) is 62.1 Å². The van der Waals surface area contributed by atoms with Crippen molar-refractivity contribution in [2.75, 3.05) is 0 Å². The maximum Gasteiger partial charge on any atom is 0.227 e. The average Bonchev–Trinajstić information content (AvgIpc) is 3.33. The van der Waals surface area contributed by atoms with E-state index >= 15 is 0 Å². The molecule has 1 amide bonds. The fraction of sp³-hybridized carbons (Fsp3) is 0.364. The van der Waals surface area contributed by atoms with Gasteiger partial charge in [0, 0.05) is 12.0 Å². The molecule has 1 saturated carbocycles. The number of rotatable bonds is 5. The molecule has 0 radical (unpaired) electrons. The predicted molar refractivity (Wildman–Crippen MR) is 102 cm³/mol. The SMILES string of the molecule is Cc1ccc2oc(CN(C(=O)C3C[C@@H]3c3ccccc3)C(C)C)nc2c1. The second kappa shape index (κ2) is 6.60. The number of aryl methyl sites for hydroxylation is 1. The summed E-state index contributed by atoms with van der Waals surface area (Å²) in [5, 5.41) is 0. The van der Waals surface area contributed by atoms with Gasteiger partial charge in [-0.3, -0.25) is 4.79 Å². The van der Waals surface area contributed by atoms with Gasteiger partial charge >= 0.3 is 0 Å². The van der Waals surface area contributed by atoms with E-state index in [1.165, 1.54) is 5.56 Å². The summed E-state index contributed by atoms with van der Waals surface area (Å²) in [5.41, 5.74) is 4.03. The van der Waals surface area contributed by atoms with Crippen LogP contribution in [0.5, 0.6) is 0 Å². The number of amides is 1. The number of hydrogen-bond acceptors (Lipinski definition) is 3. The summed E-state index contributed by atoms with van der Waals surface area (Å²) in [6, 6.07) is 16.4. The maximum absolute atomic E-state index is 13.1. The molecule has 0 saturated heterocycles. The lowest BCUT2D eigenvalue weighted by atomic mass is 10.1. The molecule has 26 heavy (non-hydrogen) atoms. The molecule has 1 aliphatic carbocycles. The molecule has 4 heteroatoms. The predicted octanol–water partition coefficient (Wildman–Crippen LogP) is 4.68. The molecule has 0 N–H and O–H groups in total. The van der Waals surface area contributed by atoms with Crippen molar-refractivity contribution < 1.29 is 9.21 Å². The number of hydrogen-bond donors (Lipinski definition) is 0. The normalized spacial score (nSPS) is 19.1. The third kappa shape index (κ3) is 3.24. The molecule has 2 atom stereocenters. The zero-order valence-electron chi connectivity index (χ0n) is 15.5. The summed E-state index contributed by atoms with van der Waals surface area (Å²) in [6.45, 7) is 6.55. The van der Waals surface area contributed by atoms with Gasteiger partial charge in [-0.2, -0.15) is 0 Å². The average molecular weight is 348 g/mol. The van der Waals surface area contributed by atoms with Gasteiger partial charge in [-0.25, -0.2) is 4.98 Å². The lowest BCUT2D eigenvalue weighted by molar-refractivity contribution is -0.135. The van der Waals surface area contributed by atoms with Gasteiger partial charge in [0.25, 0.3) is 0 Å². The van der Waals surface area contributed by atoms with Crippen LogP contribution in [0.1, 0.15) is 43.2 Å². The summed E-state index contributed by atoms with van der Waals surface area (Å²) >= 11 is 0. The largest absolute Gasteiger partial charge is 0.439 e.